The van der Waals surface area contributed by atoms with Crippen LogP contribution in [0.5, 0.6) is 0 Å². The molecule has 86 valence electrons. The summed E-state index contributed by atoms with van der Waals surface area (Å²) in [5, 5.41) is 12.3. The van der Waals surface area contributed by atoms with Gasteiger partial charge in [0.15, 0.2) is 0 Å². The van der Waals surface area contributed by atoms with Gasteiger partial charge in [-0.3, -0.25) is 0 Å². The van der Waals surface area contributed by atoms with Gasteiger partial charge >= 0.3 is 0 Å². The monoisotopic (exact) mass is 218 g/mol. The highest BCUT2D eigenvalue weighted by molar-refractivity contribution is 5.94. The maximum atomic E-state index is 4.68. The topological polar surface area (TPSA) is 43.1 Å². The molecule has 4 heteroatoms. The third-order valence-electron chi connectivity index (χ3n) is 5.15. The third kappa shape index (κ3) is 1.07. The molecule has 4 nitrogen and oxygen atoms in total. The van der Waals surface area contributed by atoms with Gasteiger partial charge in [0, 0.05) is 11.1 Å². The number of hydrogen-bond acceptors (Lipinski definition) is 3. The molecule has 0 aromatic carbocycles. The van der Waals surface area contributed by atoms with Crippen LogP contribution in [-0.2, 0) is 0 Å². The minimum Gasteiger partial charge on any atom is -0.208 e. The molecule has 2 saturated carbocycles. The minimum absolute atomic E-state index is 0.266. The van der Waals surface area contributed by atoms with E-state index in [4.69, 9.17) is 0 Å². The summed E-state index contributed by atoms with van der Waals surface area (Å²) in [7, 11) is 0. The van der Waals surface area contributed by atoms with Gasteiger partial charge in [0.05, 0.1) is 0 Å². The highest BCUT2D eigenvalue weighted by atomic mass is 15.4. The Balaban J connectivity index is 2.01. The molecule has 3 rings (SSSR count). The van der Waals surface area contributed by atoms with E-state index in [9.17, 15) is 0 Å². The van der Waals surface area contributed by atoms with Crippen LogP contribution in [0.25, 0.3) is 0 Å². The van der Waals surface area contributed by atoms with Crippen LogP contribution in [0, 0.1) is 16.7 Å². The molecule has 0 saturated heterocycles. The van der Waals surface area contributed by atoms with Gasteiger partial charge in [-0.05, 0) is 30.6 Å². The highest BCUT2D eigenvalue weighted by Gasteiger charge is 2.60. The number of nitrogens with zero attached hydrogens (tertiary/aromatic N) is 4. The molecule has 2 fully saturated rings. The van der Waals surface area contributed by atoms with E-state index >= 15 is 0 Å². The van der Waals surface area contributed by atoms with Crippen LogP contribution < -0.4 is 0 Å². The fraction of sp³-hybridized carbons (Fsp3) is 0.750. The Morgan fingerprint density at radius 3 is 2.50 bits per heavy atom. The van der Waals surface area contributed by atoms with Crippen molar-refractivity contribution in [3.8, 4) is 0 Å². The summed E-state index contributed by atoms with van der Waals surface area (Å²) in [5.74, 6) is 0.799. The minimum atomic E-state index is 0.266. The first-order valence-corrected chi connectivity index (χ1v) is 5.97. The van der Waals surface area contributed by atoms with E-state index in [1.54, 1.807) is 17.3 Å². The molecule has 1 heterocycles. The first-order valence-electron chi connectivity index (χ1n) is 5.97. The van der Waals surface area contributed by atoms with Crippen LogP contribution in [0.3, 0.4) is 0 Å². The second kappa shape index (κ2) is 2.93. The van der Waals surface area contributed by atoms with Crippen LogP contribution in [0.2, 0.25) is 0 Å². The largest absolute Gasteiger partial charge is 0.208 e. The maximum Gasteiger partial charge on any atom is 0.141 e. The zero-order valence-electron chi connectivity index (χ0n) is 10.1. The molecule has 2 atom stereocenters. The van der Waals surface area contributed by atoms with Crippen molar-refractivity contribution in [1.29, 1.82) is 0 Å². The molecule has 0 radical (unpaired) electrons. The van der Waals surface area contributed by atoms with Gasteiger partial charge in [0.25, 0.3) is 0 Å². The van der Waals surface area contributed by atoms with Crippen LogP contribution in [0.4, 0.5) is 0 Å². The molecule has 2 aliphatic rings. The second-order valence-corrected chi connectivity index (χ2v) is 5.88. The average Bonchev–Trinajstić information content (AvgIpc) is 2.84. The number of hydrogen-bond donors (Lipinski definition) is 0. The summed E-state index contributed by atoms with van der Waals surface area (Å²) in [6.45, 7) is 7.14. The molecular weight excluding hydrogens is 200 g/mol. The van der Waals surface area contributed by atoms with Gasteiger partial charge in [0.1, 0.15) is 12.7 Å². The zero-order chi connectivity index (χ0) is 11.4. The lowest BCUT2D eigenvalue weighted by atomic mass is 9.70. The van der Waals surface area contributed by atoms with Crippen LogP contribution in [0.15, 0.2) is 17.8 Å². The summed E-state index contributed by atoms with van der Waals surface area (Å²) in [6, 6.07) is 0. The third-order valence-corrected chi connectivity index (χ3v) is 5.15. The van der Waals surface area contributed by atoms with E-state index in [0.29, 0.717) is 5.41 Å². The van der Waals surface area contributed by atoms with Crippen molar-refractivity contribution in [2.24, 2.45) is 21.8 Å². The van der Waals surface area contributed by atoms with Gasteiger partial charge in [0.2, 0.25) is 0 Å². The van der Waals surface area contributed by atoms with Crippen molar-refractivity contribution >= 4 is 5.71 Å². The van der Waals surface area contributed by atoms with Crippen LogP contribution in [0.1, 0.15) is 40.0 Å². The van der Waals surface area contributed by atoms with E-state index in [-0.39, 0.29) is 5.41 Å². The van der Waals surface area contributed by atoms with Crippen molar-refractivity contribution in [1.82, 2.24) is 14.9 Å². The first-order chi connectivity index (χ1) is 7.54. The smallest absolute Gasteiger partial charge is 0.141 e. The number of fused-ring (bicyclic) bond motifs is 2. The standard InChI is InChI=1S/C12H18N4/c1-11(2)9-4-5-12(11,3)10(6-9)15-16-7-13-14-8-16/h7-9H,4-6H2,1-3H3. The highest BCUT2D eigenvalue weighted by Crippen LogP contribution is 2.63. The maximum absolute atomic E-state index is 4.68. The predicted octanol–water partition coefficient (Wildman–Crippen LogP) is 2.33. The Morgan fingerprint density at radius 2 is 2.00 bits per heavy atom. The van der Waals surface area contributed by atoms with E-state index in [2.05, 4.69) is 36.1 Å². The van der Waals surface area contributed by atoms with Crippen molar-refractivity contribution in [2.75, 3.05) is 0 Å². The molecule has 2 unspecified atom stereocenters. The predicted molar refractivity (Wildman–Crippen MR) is 62.1 cm³/mol. The first kappa shape index (κ1) is 10.00. The Labute approximate surface area is 95.8 Å². The van der Waals surface area contributed by atoms with E-state index in [1.807, 2.05) is 0 Å². The SMILES string of the molecule is CC12CCC(CC1=Nn1cnnc1)C2(C)C. The lowest BCUT2D eigenvalue weighted by molar-refractivity contribution is 0.193. The van der Waals surface area contributed by atoms with E-state index in [1.165, 1.54) is 18.6 Å². The van der Waals surface area contributed by atoms with Crippen molar-refractivity contribution in [2.45, 2.75) is 40.0 Å². The molecule has 0 spiro atoms. The summed E-state index contributed by atoms with van der Waals surface area (Å²) < 4.78 is 1.73. The molecule has 1 aromatic rings. The second-order valence-electron chi connectivity index (χ2n) is 5.88. The Bertz CT molecular complexity index is 432. The average molecular weight is 218 g/mol. The summed E-state index contributed by atoms with van der Waals surface area (Å²) >= 11 is 0. The zero-order valence-corrected chi connectivity index (χ0v) is 10.1. The summed E-state index contributed by atoms with van der Waals surface area (Å²) in [4.78, 5) is 0. The van der Waals surface area contributed by atoms with Gasteiger partial charge in [-0.15, -0.1) is 10.2 Å². The summed E-state index contributed by atoms with van der Waals surface area (Å²) in [6.07, 6.45) is 7.09. The van der Waals surface area contributed by atoms with Crippen LogP contribution in [-0.4, -0.2) is 20.6 Å². The van der Waals surface area contributed by atoms with Gasteiger partial charge in [-0.1, -0.05) is 20.8 Å². The van der Waals surface area contributed by atoms with Crippen molar-refractivity contribution in [3.05, 3.63) is 12.7 Å². The molecule has 2 aliphatic carbocycles. The summed E-state index contributed by atoms with van der Waals surface area (Å²) in [5.41, 5.74) is 1.98. The fourth-order valence-corrected chi connectivity index (χ4v) is 3.47. The van der Waals surface area contributed by atoms with Gasteiger partial charge in [-0.25, -0.2) is 4.68 Å². The fourth-order valence-electron chi connectivity index (χ4n) is 3.47. The van der Waals surface area contributed by atoms with Gasteiger partial charge < -0.3 is 0 Å². The molecular formula is C12H18N4. The van der Waals surface area contributed by atoms with E-state index < -0.39 is 0 Å². The molecule has 0 aliphatic heterocycles. The van der Waals surface area contributed by atoms with Crippen molar-refractivity contribution in [3.63, 3.8) is 0 Å². The normalized spacial score (nSPS) is 38.4. The van der Waals surface area contributed by atoms with E-state index in [0.717, 1.165) is 12.3 Å². The molecule has 16 heavy (non-hydrogen) atoms. The van der Waals surface area contributed by atoms with Crippen molar-refractivity contribution < 1.29 is 0 Å². The number of aromatic nitrogens is 3. The Hall–Kier alpha value is -1.19. The van der Waals surface area contributed by atoms with Crippen LogP contribution >= 0.6 is 0 Å². The Kier molecular flexibility index (Phi) is 1.83. The lowest BCUT2D eigenvalue weighted by Crippen LogP contribution is -2.32. The molecule has 1 aromatic heterocycles. The Morgan fingerprint density at radius 1 is 1.31 bits per heavy atom. The quantitative estimate of drug-likeness (QED) is 0.726. The number of rotatable bonds is 1. The molecule has 2 bridgehead atoms. The lowest BCUT2D eigenvalue weighted by Gasteiger charge is -2.34. The molecule has 0 N–H and O–H groups in total. The van der Waals surface area contributed by atoms with Gasteiger partial charge in [-0.2, -0.15) is 5.10 Å². The molecule has 0 amide bonds.